The van der Waals surface area contributed by atoms with E-state index in [1.165, 1.54) is 16.7 Å². The Morgan fingerprint density at radius 2 is 1.76 bits per heavy atom. The molecule has 0 saturated carbocycles. The molecule has 0 aliphatic heterocycles. The van der Waals surface area contributed by atoms with Gasteiger partial charge in [0.05, 0.1) is 13.7 Å². The smallest absolute Gasteiger partial charge is 0.331 e. The topological polar surface area (TPSA) is 75.6 Å². The van der Waals surface area contributed by atoms with Crippen LogP contribution in [0.3, 0.4) is 0 Å². The van der Waals surface area contributed by atoms with Gasteiger partial charge < -0.3 is 9.84 Å². The quantitative estimate of drug-likeness (QED) is 0.281. The summed E-state index contributed by atoms with van der Waals surface area (Å²) in [5.41, 5.74) is 9.04. The summed E-state index contributed by atoms with van der Waals surface area (Å²) in [6, 6.07) is 10.1. The van der Waals surface area contributed by atoms with Gasteiger partial charge >= 0.3 is 5.97 Å². The van der Waals surface area contributed by atoms with Crippen LogP contribution in [0.1, 0.15) is 73.9 Å². The number of carbonyl (C=O) groups is 1. The standard InChI is InChI=1S/C26H39N2O4P/c1-9-32-25(30)26(6,7)27-28(8,33-31)16-21-12-18(4)23(19(5)13-21)15-20-10-11-24(29)22(14-20)17(2)3/h10-14,17,27H,9,15-16,33H2,1-8H3/p+1. The van der Waals surface area contributed by atoms with E-state index in [-0.39, 0.29) is 16.2 Å². The Labute approximate surface area is 199 Å². The van der Waals surface area contributed by atoms with E-state index in [0.29, 0.717) is 18.9 Å². The molecule has 0 spiro atoms. The summed E-state index contributed by atoms with van der Waals surface area (Å²) in [7, 11) is 0.596. The van der Waals surface area contributed by atoms with E-state index in [9.17, 15) is 14.5 Å². The van der Waals surface area contributed by atoms with Gasteiger partial charge in [-0.2, -0.15) is 0 Å². The molecule has 182 valence electrons. The average Bonchev–Trinajstić information content (AvgIpc) is 2.71. The van der Waals surface area contributed by atoms with Gasteiger partial charge in [0.2, 0.25) is 8.61 Å². The first-order chi connectivity index (χ1) is 15.3. The van der Waals surface area contributed by atoms with Crippen molar-refractivity contribution in [2.75, 3.05) is 13.7 Å². The lowest BCUT2D eigenvalue weighted by Gasteiger charge is -2.36. The maximum absolute atomic E-state index is 12.3. The Morgan fingerprint density at radius 1 is 1.15 bits per heavy atom. The zero-order valence-electron chi connectivity index (χ0n) is 21.3. The van der Waals surface area contributed by atoms with Crippen molar-refractivity contribution < 1.29 is 23.6 Å². The number of rotatable bonds is 10. The van der Waals surface area contributed by atoms with Crippen molar-refractivity contribution in [3.8, 4) is 5.75 Å². The minimum atomic E-state index is -1.24. The Hall–Kier alpha value is -2.14. The van der Waals surface area contributed by atoms with Crippen LogP contribution in [0, 0.1) is 13.8 Å². The number of phenolic OH excluding ortho intramolecular Hbond substituents is 1. The number of ether oxygens (including phenoxy) is 1. The van der Waals surface area contributed by atoms with Crippen molar-refractivity contribution in [2.24, 2.45) is 0 Å². The third-order valence-electron chi connectivity index (χ3n) is 5.92. The highest BCUT2D eigenvalue weighted by Crippen LogP contribution is 2.30. The predicted octanol–water partition coefficient (Wildman–Crippen LogP) is 5.19. The molecule has 0 radical (unpaired) electrons. The van der Waals surface area contributed by atoms with Crippen LogP contribution in [0.15, 0.2) is 30.3 Å². The maximum atomic E-state index is 12.3. The van der Waals surface area contributed by atoms with Crippen molar-refractivity contribution in [3.05, 3.63) is 63.7 Å². The van der Waals surface area contributed by atoms with Gasteiger partial charge in [-0.05, 0) is 80.8 Å². The normalized spacial score (nSPS) is 14.1. The Bertz CT molecular complexity index is 996. The largest absolute Gasteiger partial charge is 0.508 e. The molecular formula is C26H40N2O4P+. The number of hydrogen-bond acceptors (Lipinski definition) is 5. The number of benzene rings is 2. The maximum Gasteiger partial charge on any atom is 0.331 e. The van der Waals surface area contributed by atoms with E-state index in [2.05, 4.69) is 51.3 Å². The van der Waals surface area contributed by atoms with Gasteiger partial charge in [0.25, 0.3) is 0 Å². The third-order valence-corrected chi connectivity index (χ3v) is 6.69. The second-order valence-corrected chi connectivity index (χ2v) is 11.3. The van der Waals surface area contributed by atoms with Crippen LogP contribution < -0.4 is 5.43 Å². The van der Waals surface area contributed by atoms with Gasteiger partial charge in [-0.3, -0.25) is 4.57 Å². The van der Waals surface area contributed by atoms with Crippen molar-refractivity contribution >= 4 is 14.6 Å². The second-order valence-electron chi connectivity index (χ2n) is 9.92. The Balaban J connectivity index is 2.28. The molecule has 33 heavy (non-hydrogen) atoms. The molecule has 7 heteroatoms. The van der Waals surface area contributed by atoms with Crippen LogP contribution in [0.5, 0.6) is 5.75 Å². The fourth-order valence-electron chi connectivity index (χ4n) is 4.31. The van der Waals surface area contributed by atoms with E-state index < -0.39 is 14.1 Å². The van der Waals surface area contributed by atoms with Gasteiger partial charge in [0.15, 0.2) is 5.54 Å². The van der Waals surface area contributed by atoms with Gasteiger partial charge in [0.1, 0.15) is 12.3 Å². The number of aryl methyl sites for hydroxylation is 2. The number of hydrogen-bond donors (Lipinski definition) is 2. The lowest BCUT2D eigenvalue weighted by Crippen LogP contribution is -2.60. The first kappa shape index (κ1) is 27.1. The van der Waals surface area contributed by atoms with Gasteiger partial charge in [-0.1, -0.05) is 38.1 Å². The number of nitrogens with one attached hydrogen (secondary N) is 1. The SMILES string of the molecule is CCOC(=O)C(C)(C)N[N+](C)(Cc1cc(C)c(Cc2ccc(O)c(C(C)C)c2)c(C)c1)[PH2]=O. The highest BCUT2D eigenvalue weighted by Gasteiger charge is 2.37. The molecule has 0 aliphatic carbocycles. The molecule has 0 aliphatic rings. The molecule has 0 amide bonds. The molecule has 0 heterocycles. The molecule has 6 nitrogen and oxygen atoms in total. The van der Waals surface area contributed by atoms with E-state index in [0.717, 1.165) is 23.1 Å². The fraction of sp³-hybridized carbons (Fsp3) is 0.500. The molecular weight excluding hydrogens is 435 g/mol. The van der Waals surface area contributed by atoms with Crippen LogP contribution in [-0.4, -0.2) is 34.6 Å². The minimum Gasteiger partial charge on any atom is -0.508 e. The van der Waals surface area contributed by atoms with Crippen molar-refractivity contribution in [2.45, 2.75) is 72.9 Å². The summed E-state index contributed by atoms with van der Waals surface area (Å²) in [5.74, 6) is 0.235. The number of esters is 1. The molecule has 0 fully saturated rings. The summed E-state index contributed by atoms with van der Waals surface area (Å²) in [6.45, 7) is 14.4. The van der Waals surface area contributed by atoms with Gasteiger partial charge in [0, 0.05) is 5.56 Å². The number of carbonyl (C=O) groups excluding carboxylic acids is 1. The molecule has 2 rings (SSSR count). The lowest BCUT2D eigenvalue weighted by molar-refractivity contribution is -0.850. The highest BCUT2D eigenvalue weighted by atomic mass is 31.1. The first-order valence-corrected chi connectivity index (χ1v) is 12.5. The zero-order chi connectivity index (χ0) is 25.0. The number of quaternary nitrogens is 1. The predicted molar refractivity (Wildman–Crippen MR) is 135 cm³/mol. The number of phenols is 1. The highest BCUT2D eigenvalue weighted by molar-refractivity contribution is 7.16. The number of aromatic hydroxyl groups is 1. The molecule has 0 aromatic heterocycles. The van der Waals surface area contributed by atoms with Crippen LogP contribution in [0.4, 0.5) is 0 Å². The van der Waals surface area contributed by atoms with E-state index in [1.807, 2.05) is 13.1 Å². The summed E-state index contributed by atoms with van der Waals surface area (Å²) < 4.78 is 17.5. The first-order valence-electron chi connectivity index (χ1n) is 11.5. The van der Waals surface area contributed by atoms with Crippen molar-refractivity contribution in [3.63, 3.8) is 0 Å². The molecule has 0 saturated heterocycles. The average molecular weight is 476 g/mol. The molecule has 2 aromatic rings. The van der Waals surface area contributed by atoms with Crippen molar-refractivity contribution in [1.29, 1.82) is 0 Å². The molecule has 2 atom stereocenters. The monoisotopic (exact) mass is 475 g/mol. The van der Waals surface area contributed by atoms with Crippen LogP contribution in [0.2, 0.25) is 0 Å². The van der Waals surface area contributed by atoms with Gasteiger partial charge in [-0.25, -0.2) is 9.16 Å². The zero-order valence-corrected chi connectivity index (χ0v) is 22.4. The molecule has 2 unspecified atom stereocenters. The fourth-order valence-corrected chi connectivity index (χ4v) is 4.97. The number of nitrogens with zero attached hydrogens (tertiary/aromatic N) is 1. The molecule has 0 bridgehead atoms. The Kier molecular flexibility index (Phi) is 8.92. The van der Waals surface area contributed by atoms with E-state index >= 15 is 0 Å². The lowest BCUT2D eigenvalue weighted by atomic mass is 9.91. The van der Waals surface area contributed by atoms with E-state index in [4.69, 9.17) is 4.74 Å². The Morgan fingerprint density at radius 3 is 2.27 bits per heavy atom. The van der Waals surface area contributed by atoms with Gasteiger partial charge in [-0.15, -0.1) is 5.43 Å². The van der Waals surface area contributed by atoms with Crippen LogP contribution >= 0.6 is 8.61 Å². The third kappa shape index (κ3) is 6.92. The summed E-state index contributed by atoms with van der Waals surface area (Å²) in [4.78, 5) is 12.3. The van der Waals surface area contributed by atoms with Crippen LogP contribution in [0.25, 0.3) is 0 Å². The molecule has 2 N–H and O–H groups in total. The summed E-state index contributed by atoms with van der Waals surface area (Å²) in [6.07, 6.45) is 0.783. The van der Waals surface area contributed by atoms with Crippen molar-refractivity contribution in [1.82, 2.24) is 5.43 Å². The van der Waals surface area contributed by atoms with Crippen LogP contribution in [-0.2, 0) is 27.1 Å². The molecule has 2 aromatic carbocycles. The minimum absolute atomic E-state index is 0.0553. The second kappa shape index (κ2) is 10.9. The van der Waals surface area contributed by atoms with E-state index in [1.54, 1.807) is 26.8 Å². The summed E-state index contributed by atoms with van der Waals surface area (Å²) >= 11 is 0. The summed E-state index contributed by atoms with van der Waals surface area (Å²) in [5, 5.41) is 10.1.